The van der Waals surface area contributed by atoms with E-state index in [0.29, 0.717) is 18.0 Å². The minimum Gasteiger partial charge on any atom is -0.375 e. The Bertz CT molecular complexity index is 442. The molecule has 1 saturated carbocycles. The summed E-state index contributed by atoms with van der Waals surface area (Å²) in [6, 6.07) is 12.3. The van der Waals surface area contributed by atoms with Gasteiger partial charge in [-0.3, -0.25) is 0 Å². The summed E-state index contributed by atoms with van der Waals surface area (Å²) in [6.45, 7) is 5.33. The standard InChI is InChI=1S/C19H29NO/c1-19(2)14-16(12-13-21-19)20-18-11-7-6-10-17(18)15-8-4-3-5-9-15/h3-5,8-9,16-18,20H,6-7,10-14H2,1-2H3. The molecule has 2 nitrogen and oxygen atoms in total. The van der Waals surface area contributed by atoms with Gasteiger partial charge in [-0.25, -0.2) is 0 Å². The topological polar surface area (TPSA) is 21.3 Å². The van der Waals surface area contributed by atoms with Gasteiger partial charge in [0, 0.05) is 18.7 Å². The summed E-state index contributed by atoms with van der Waals surface area (Å²) in [4.78, 5) is 0. The highest BCUT2D eigenvalue weighted by Crippen LogP contribution is 2.34. The average Bonchev–Trinajstić information content (AvgIpc) is 2.48. The van der Waals surface area contributed by atoms with Gasteiger partial charge in [0.15, 0.2) is 0 Å². The molecule has 2 heteroatoms. The zero-order valence-corrected chi connectivity index (χ0v) is 13.5. The average molecular weight is 287 g/mol. The van der Waals surface area contributed by atoms with E-state index < -0.39 is 0 Å². The predicted octanol–water partition coefficient (Wildman–Crippen LogP) is 4.26. The van der Waals surface area contributed by atoms with Crippen LogP contribution in [0.1, 0.15) is 63.9 Å². The van der Waals surface area contributed by atoms with Crippen molar-refractivity contribution < 1.29 is 4.74 Å². The van der Waals surface area contributed by atoms with E-state index >= 15 is 0 Å². The van der Waals surface area contributed by atoms with Crippen molar-refractivity contribution in [3.8, 4) is 0 Å². The van der Waals surface area contributed by atoms with E-state index in [-0.39, 0.29) is 5.60 Å². The number of ether oxygens (including phenoxy) is 1. The molecule has 1 aromatic carbocycles. The Morgan fingerprint density at radius 1 is 1.05 bits per heavy atom. The van der Waals surface area contributed by atoms with Crippen molar-refractivity contribution in [2.24, 2.45) is 0 Å². The van der Waals surface area contributed by atoms with Gasteiger partial charge in [0.25, 0.3) is 0 Å². The third kappa shape index (κ3) is 3.87. The summed E-state index contributed by atoms with van der Waals surface area (Å²) in [6.07, 6.45) is 7.67. The Hall–Kier alpha value is -0.860. The van der Waals surface area contributed by atoms with Gasteiger partial charge in [-0.05, 0) is 51.0 Å². The zero-order chi connectivity index (χ0) is 14.7. The molecule has 1 heterocycles. The molecule has 3 rings (SSSR count). The molecule has 1 saturated heterocycles. The van der Waals surface area contributed by atoms with Crippen LogP contribution in [0.25, 0.3) is 0 Å². The lowest BCUT2D eigenvalue weighted by Crippen LogP contribution is -2.49. The van der Waals surface area contributed by atoms with E-state index in [4.69, 9.17) is 4.74 Å². The molecular weight excluding hydrogens is 258 g/mol. The Morgan fingerprint density at radius 2 is 1.81 bits per heavy atom. The highest BCUT2D eigenvalue weighted by Gasteiger charge is 2.33. The largest absolute Gasteiger partial charge is 0.375 e. The van der Waals surface area contributed by atoms with Crippen LogP contribution in [0.3, 0.4) is 0 Å². The summed E-state index contributed by atoms with van der Waals surface area (Å²) in [5.74, 6) is 0.686. The second-order valence-electron chi connectivity index (χ2n) is 7.37. The molecule has 1 N–H and O–H groups in total. The zero-order valence-electron chi connectivity index (χ0n) is 13.5. The van der Waals surface area contributed by atoms with Crippen LogP contribution >= 0.6 is 0 Å². The lowest BCUT2D eigenvalue weighted by atomic mass is 9.79. The highest BCUT2D eigenvalue weighted by molar-refractivity contribution is 5.22. The van der Waals surface area contributed by atoms with E-state index in [2.05, 4.69) is 49.5 Å². The van der Waals surface area contributed by atoms with Gasteiger partial charge in [-0.15, -0.1) is 0 Å². The van der Waals surface area contributed by atoms with Gasteiger partial charge in [0.1, 0.15) is 0 Å². The quantitative estimate of drug-likeness (QED) is 0.897. The Kier molecular flexibility index (Phi) is 4.66. The molecule has 0 aromatic heterocycles. The molecular formula is C19H29NO. The van der Waals surface area contributed by atoms with Crippen molar-refractivity contribution >= 4 is 0 Å². The van der Waals surface area contributed by atoms with Crippen LogP contribution in [0.5, 0.6) is 0 Å². The first-order chi connectivity index (χ1) is 10.1. The van der Waals surface area contributed by atoms with Crippen LogP contribution in [0, 0.1) is 0 Å². The van der Waals surface area contributed by atoms with Crippen LogP contribution in [0.4, 0.5) is 0 Å². The maximum Gasteiger partial charge on any atom is 0.0641 e. The summed E-state index contributed by atoms with van der Waals surface area (Å²) in [7, 11) is 0. The number of benzene rings is 1. The molecule has 1 aromatic rings. The lowest BCUT2D eigenvalue weighted by Gasteiger charge is -2.41. The summed E-state index contributed by atoms with van der Waals surface area (Å²) in [5, 5.41) is 3.98. The molecule has 1 aliphatic heterocycles. The Morgan fingerprint density at radius 3 is 2.57 bits per heavy atom. The molecule has 3 atom stereocenters. The van der Waals surface area contributed by atoms with Crippen molar-refractivity contribution in [3.05, 3.63) is 35.9 Å². The second-order valence-corrected chi connectivity index (χ2v) is 7.37. The van der Waals surface area contributed by atoms with Gasteiger partial charge in [0.05, 0.1) is 5.60 Å². The molecule has 2 fully saturated rings. The van der Waals surface area contributed by atoms with Crippen molar-refractivity contribution in [2.75, 3.05) is 6.61 Å². The predicted molar refractivity (Wildman–Crippen MR) is 87.6 cm³/mol. The maximum atomic E-state index is 5.86. The summed E-state index contributed by atoms with van der Waals surface area (Å²) >= 11 is 0. The Labute approximate surface area is 129 Å². The van der Waals surface area contributed by atoms with E-state index in [1.807, 2.05) is 0 Å². The molecule has 0 spiro atoms. The fourth-order valence-corrected chi connectivity index (χ4v) is 4.11. The molecule has 116 valence electrons. The van der Waals surface area contributed by atoms with E-state index in [9.17, 15) is 0 Å². The lowest BCUT2D eigenvalue weighted by molar-refractivity contribution is -0.0649. The van der Waals surface area contributed by atoms with Gasteiger partial charge < -0.3 is 10.1 Å². The van der Waals surface area contributed by atoms with E-state index in [1.165, 1.54) is 31.2 Å². The third-order valence-corrected chi connectivity index (χ3v) is 5.14. The van der Waals surface area contributed by atoms with Crippen LogP contribution in [-0.2, 0) is 4.74 Å². The maximum absolute atomic E-state index is 5.86. The first-order valence-electron chi connectivity index (χ1n) is 8.59. The number of hydrogen-bond acceptors (Lipinski definition) is 2. The van der Waals surface area contributed by atoms with Crippen LogP contribution in [-0.4, -0.2) is 24.3 Å². The molecule has 0 bridgehead atoms. The molecule has 0 amide bonds. The van der Waals surface area contributed by atoms with Crippen molar-refractivity contribution in [1.29, 1.82) is 0 Å². The van der Waals surface area contributed by atoms with Gasteiger partial charge in [-0.1, -0.05) is 43.2 Å². The first-order valence-corrected chi connectivity index (χ1v) is 8.59. The normalized spacial score (nSPS) is 32.8. The number of hydrogen-bond donors (Lipinski definition) is 1. The smallest absolute Gasteiger partial charge is 0.0641 e. The summed E-state index contributed by atoms with van der Waals surface area (Å²) < 4.78 is 5.86. The Balaban J connectivity index is 1.67. The minimum absolute atomic E-state index is 0.0346. The monoisotopic (exact) mass is 287 g/mol. The van der Waals surface area contributed by atoms with Crippen LogP contribution in [0.2, 0.25) is 0 Å². The molecule has 3 unspecified atom stereocenters. The number of rotatable bonds is 3. The highest BCUT2D eigenvalue weighted by atomic mass is 16.5. The fourth-order valence-electron chi connectivity index (χ4n) is 4.11. The summed E-state index contributed by atoms with van der Waals surface area (Å²) in [5.41, 5.74) is 1.55. The second kappa shape index (κ2) is 6.50. The molecule has 2 aliphatic rings. The molecule has 0 radical (unpaired) electrons. The SMILES string of the molecule is CC1(C)CC(NC2CCCCC2c2ccccc2)CCO1. The van der Waals surface area contributed by atoms with Crippen molar-refractivity contribution in [1.82, 2.24) is 5.32 Å². The molecule has 21 heavy (non-hydrogen) atoms. The van der Waals surface area contributed by atoms with Crippen molar-refractivity contribution in [3.63, 3.8) is 0 Å². The fraction of sp³-hybridized carbons (Fsp3) is 0.684. The van der Waals surface area contributed by atoms with Gasteiger partial charge in [0.2, 0.25) is 0 Å². The van der Waals surface area contributed by atoms with Crippen LogP contribution in [0.15, 0.2) is 30.3 Å². The van der Waals surface area contributed by atoms with E-state index in [1.54, 1.807) is 0 Å². The van der Waals surface area contributed by atoms with Gasteiger partial charge >= 0.3 is 0 Å². The number of nitrogens with one attached hydrogen (secondary N) is 1. The first kappa shape index (κ1) is 15.1. The van der Waals surface area contributed by atoms with Crippen molar-refractivity contribution in [2.45, 2.75) is 76.0 Å². The minimum atomic E-state index is 0.0346. The van der Waals surface area contributed by atoms with E-state index in [0.717, 1.165) is 19.4 Å². The third-order valence-electron chi connectivity index (χ3n) is 5.14. The van der Waals surface area contributed by atoms with Gasteiger partial charge in [-0.2, -0.15) is 0 Å². The molecule has 1 aliphatic carbocycles. The van der Waals surface area contributed by atoms with Crippen LogP contribution < -0.4 is 5.32 Å².